The molecular formula is C9H17ClO. The molecule has 3 atom stereocenters. The molecule has 0 aromatic rings. The highest BCUT2D eigenvalue weighted by Crippen LogP contribution is 2.23. The van der Waals surface area contributed by atoms with Crippen molar-refractivity contribution in [3.63, 3.8) is 0 Å². The van der Waals surface area contributed by atoms with Gasteiger partial charge in [-0.15, -0.1) is 11.6 Å². The van der Waals surface area contributed by atoms with Gasteiger partial charge in [0, 0.05) is 5.38 Å². The number of rotatable bonds is 3. The summed E-state index contributed by atoms with van der Waals surface area (Å²) in [5.74, 6) is 0. The van der Waals surface area contributed by atoms with Crippen LogP contribution in [0.1, 0.15) is 39.5 Å². The minimum absolute atomic E-state index is 0.300. The zero-order valence-corrected chi connectivity index (χ0v) is 8.10. The first-order valence-corrected chi connectivity index (χ1v) is 4.91. The van der Waals surface area contributed by atoms with Gasteiger partial charge in [0.15, 0.2) is 0 Å². The van der Waals surface area contributed by atoms with Crippen LogP contribution in [-0.4, -0.2) is 17.6 Å². The third-order valence-electron chi connectivity index (χ3n) is 2.21. The number of hydrogen-bond acceptors (Lipinski definition) is 1. The maximum Gasteiger partial charge on any atom is 0.0580 e. The van der Waals surface area contributed by atoms with Gasteiger partial charge in [0.05, 0.1) is 12.2 Å². The van der Waals surface area contributed by atoms with E-state index in [2.05, 4.69) is 6.92 Å². The SMILES string of the molecule is CC(Cl)CCC1CCC(C)O1. The molecule has 1 heterocycles. The molecule has 0 bridgehead atoms. The highest BCUT2D eigenvalue weighted by atomic mass is 35.5. The lowest BCUT2D eigenvalue weighted by molar-refractivity contribution is 0.0499. The van der Waals surface area contributed by atoms with Gasteiger partial charge in [-0.25, -0.2) is 0 Å². The van der Waals surface area contributed by atoms with E-state index in [1.165, 1.54) is 12.8 Å². The highest BCUT2D eigenvalue weighted by molar-refractivity contribution is 6.20. The molecule has 66 valence electrons. The zero-order chi connectivity index (χ0) is 8.27. The minimum Gasteiger partial charge on any atom is -0.375 e. The first kappa shape index (κ1) is 9.34. The largest absolute Gasteiger partial charge is 0.375 e. The third kappa shape index (κ3) is 3.44. The van der Waals surface area contributed by atoms with Crippen molar-refractivity contribution < 1.29 is 4.74 Å². The summed E-state index contributed by atoms with van der Waals surface area (Å²) in [6.45, 7) is 4.18. The topological polar surface area (TPSA) is 9.23 Å². The average molecular weight is 177 g/mol. The van der Waals surface area contributed by atoms with Gasteiger partial charge in [0.1, 0.15) is 0 Å². The van der Waals surface area contributed by atoms with Crippen LogP contribution >= 0.6 is 11.6 Å². The van der Waals surface area contributed by atoms with E-state index in [-0.39, 0.29) is 0 Å². The minimum atomic E-state index is 0.300. The van der Waals surface area contributed by atoms with E-state index in [4.69, 9.17) is 16.3 Å². The van der Waals surface area contributed by atoms with E-state index >= 15 is 0 Å². The maximum atomic E-state index is 5.84. The first-order valence-electron chi connectivity index (χ1n) is 4.48. The summed E-state index contributed by atoms with van der Waals surface area (Å²) < 4.78 is 5.65. The third-order valence-corrected chi connectivity index (χ3v) is 2.42. The molecule has 1 nitrogen and oxygen atoms in total. The van der Waals surface area contributed by atoms with Crippen molar-refractivity contribution in [3.05, 3.63) is 0 Å². The highest BCUT2D eigenvalue weighted by Gasteiger charge is 2.21. The number of alkyl halides is 1. The zero-order valence-electron chi connectivity index (χ0n) is 7.35. The van der Waals surface area contributed by atoms with Crippen LogP contribution in [0.3, 0.4) is 0 Å². The van der Waals surface area contributed by atoms with Gasteiger partial charge in [-0.3, -0.25) is 0 Å². The fraction of sp³-hybridized carbons (Fsp3) is 1.00. The van der Waals surface area contributed by atoms with Crippen LogP contribution in [0.2, 0.25) is 0 Å². The molecule has 1 saturated heterocycles. The van der Waals surface area contributed by atoms with E-state index < -0.39 is 0 Å². The molecular weight excluding hydrogens is 160 g/mol. The van der Waals surface area contributed by atoms with Crippen LogP contribution < -0.4 is 0 Å². The second-order valence-corrected chi connectivity index (χ2v) is 4.25. The Morgan fingerprint density at radius 2 is 2.27 bits per heavy atom. The Morgan fingerprint density at radius 3 is 2.73 bits per heavy atom. The summed E-state index contributed by atoms with van der Waals surface area (Å²) in [6.07, 6.45) is 5.64. The van der Waals surface area contributed by atoms with Crippen LogP contribution in [0.25, 0.3) is 0 Å². The maximum absolute atomic E-state index is 5.84. The fourth-order valence-corrected chi connectivity index (χ4v) is 1.64. The normalized spacial score (nSPS) is 34.1. The van der Waals surface area contributed by atoms with Crippen LogP contribution in [-0.2, 0) is 4.74 Å². The van der Waals surface area contributed by atoms with Gasteiger partial charge >= 0.3 is 0 Å². The molecule has 0 saturated carbocycles. The molecule has 1 fully saturated rings. The summed E-state index contributed by atoms with van der Waals surface area (Å²) in [6, 6.07) is 0. The van der Waals surface area contributed by atoms with Crippen molar-refractivity contribution in [2.24, 2.45) is 0 Å². The summed E-state index contributed by atoms with van der Waals surface area (Å²) in [5.41, 5.74) is 0. The van der Waals surface area contributed by atoms with Gasteiger partial charge in [-0.1, -0.05) is 0 Å². The van der Waals surface area contributed by atoms with E-state index in [1.807, 2.05) is 6.92 Å². The lowest BCUT2D eigenvalue weighted by atomic mass is 10.1. The monoisotopic (exact) mass is 176 g/mol. The summed E-state index contributed by atoms with van der Waals surface area (Å²) in [5, 5.41) is 0.300. The molecule has 0 aliphatic carbocycles. The molecule has 0 amide bonds. The second kappa shape index (κ2) is 4.32. The number of ether oxygens (including phenoxy) is 1. The Morgan fingerprint density at radius 1 is 1.55 bits per heavy atom. The quantitative estimate of drug-likeness (QED) is 0.601. The van der Waals surface area contributed by atoms with E-state index in [1.54, 1.807) is 0 Å². The van der Waals surface area contributed by atoms with Crippen LogP contribution in [0.5, 0.6) is 0 Å². The molecule has 1 aliphatic rings. The van der Waals surface area contributed by atoms with Crippen LogP contribution in [0, 0.1) is 0 Å². The molecule has 0 aromatic heterocycles. The van der Waals surface area contributed by atoms with E-state index in [0.717, 1.165) is 12.8 Å². The molecule has 1 rings (SSSR count). The van der Waals surface area contributed by atoms with Crippen molar-refractivity contribution >= 4 is 11.6 Å². The molecule has 11 heavy (non-hydrogen) atoms. The predicted octanol–water partition coefficient (Wildman–Crippen LogP) is 2.96. The second-order valence-electron chi connectivity index (χ2n) is 3.50. The number of halogens is 1. The average Bonchev–Trinajstić information content (AvgIpc) is 2.31. The summed E-state index contributed by atoms with van der Waals surface area (Å²) in [7, 11) is 0. The Hall–Kier alpha value is 0.250. The Kier molecular flexibility index (Phi) is 3.67. The molecule has 2 heteroatoms. The summed E-state index contributed by atoms with van der Waals surface area (Å²) in [4.78, 5) is 0. The first-order chi connectivity index (χ1) is 5.18. The Bertz CT molecular complexity index is 114. The van der Waals surface area contributed by atoms with Gasteiger partial charge in [-0.2, -0.15) is 0 Å². The molecule has 0 spiro atoms. The van der Waals surface area contributed by atoms with Crippen molar-refractivity contribution in [3.8, 4) is 0 Å². The fourth-order valence-electron chi connectivity index (χ4n) is 1.51. The molecule has 0 N–H and O–H groups in total. The molecule has 3 unspecified atom stereocenters. The molecule has 1 aliphatic heterocycles. The standard InChI is InChI=1S/C9H17ClO/c1-7(10)3-5-9-6-4-8(2)11-9/h7-9H,3-6H2,1-2H3. The van der Waals surface area contributed by atoms with Crippen LogP contribution in [0.4, 0.5) is 0 Å². The number of hydrogen-bond donors (Lipinski definition) is 0. The van der Waals surface area contributed by atoms with Crippen molar-refractivity contribution in [1.29, 1.82) is 0 Å². The van der Waals surface area contributed by atoms with Gasteiger partial charge in [0.25, 0.3) is 0 Å². The van der Waals surface area contributed by atoms with Gasteiger partial charge in [-0.05, 0) is 39.5 Å². The van der Waals surface area contributed by atoms with Crippen molar-refractivity contribution in [2.45, 2.75) is 57.1 Å². The summed E-state index contributed by atoms with van der Waals surface area (Å²) >= 11 is 5.84. The molecule has 0 aromatic carbocycles. The van der Waals surface area contributed by atoms with Gasteiger partial charge in [0.2, 0.25) is 0 Å². The van der Waals surface area contributed by atoms with Crippen molar-refractivity contribution in [1.82, 2.24) is 0 Å². The van der Waals surface area contributed by atoms with Crippen molar-refractivity contribution in [2.75, 3.05) is 0 Å². The lowest BCUT2D eigenvalue weighted by Gasteiger charge is -2.11. The van der Waals surface area contributed by atoms with Gasteiger partial charge < -0.3 is 4.74 Å². The smallest absolute Gasteiger partial charge is 0.0580 e. The Balaban J connectivity index is 2.08. The molecule has 0 radical (unpaired) electrons. The lowest BCUT2D eigenvalue weighted by Crippen LogP contribution is -2.09. The van der Waals surface area contributed by atoms with Crippen LogP contribution in [0.15, 0.2) is 0 Å². The Labute approximate surface area is 74.1 Å². The van der Waals surface area contributed by atoms with E-state index in [9.17, 15) is 0 Å². The predicted molar refractivity (Wildman–Crippen MR) is 48.1 cm³/mol. The van der Waals surface area contributed by atoms with E-state index in [0.29, 0.717) is 17.6 Å².